The lowest BCUT2D eigenvalue weighted by molar-refractivity contribution is -0.123. The number of hydrogen-bond acceptors (Lipinski definition) is 6. The zero-order valence-corrected chi connectivity index (χ0v) is 28.8. The van der Waals surface area contributed by atoms with Crippen LogP contribution in [0.5, 0.6) is 5.75 Å². The van der Waals surface area contributed by atoms with Crippen molar-refractivity contribution in [2.24, 2.45) is 0 Å². The van der Waals surface area contributed by atoms with Crippen LogP contribution in [-0.4, -0.2) is 56.0 Å². The van der Waals surface area contributed by atoms with E-state index in [2.05, 4.69) is 59.3 Å². The second-order valence-corrected chi connectivity index (χ2v) is 13.2. The van der Waals surface area contributed by atoms with Crippen LogP contribution >= 0.6 is 0 Å². The molecular formula is C39H51N3O6. The fourth-order valence-electron chi connectivity index (χ4n) is 5.83. The summed E-state index contributed by atoms with van der Waals surface area (Å²) < 4.78 is 16.8. The van der Waals surface area contributed by atoms with Crippen molar-refractivity contribution in [3.63, 3.8) is 0 Å². The number of alkyl carbamates (subject to hydrolysis) is 2. The molecule has 0 spiro atoms. The number of carbonyl (C=O) groups is 3. The van der Waals surface area contributed by atoms with Crippen LogP contribution in [0.3, 0.4) is 0 Å². The molecule has 3 amide bonds. The maximum Gasteiger partial charge on any atom is 0.407 e. The summed E-state index contributed by atoms with van der Waals surface area (Å²) in [5.74, 6) is 0.338. The van der Waals surface area contributed by atoms with Gasteiger partial charge in [-0.25, -0.2) is 9.59 Å². The Balaban J connectivity index is 1.28. The van der Waals surface area contributed by atoms with E-state index in [1.807, 2.05) is 36.4 Å². The Morgan fingerprint density at radius 2 is 1.44 bits per heavy atom. The van der Waals surface area contributed by atoms with Gasteiger partial charge in [-0.3, -0.25) is 4.79 Å². The molecule has 0 bridgehead atoms. The van der Waals surface area contributed by atoms with E-state index < -0.39 is 23.8 Å². The quantitative estimate of drug-likeness (QED) is 0.129. The van der Waals surface area contributed by atoms with Crippen LogP contribution in [-0.2, 0) is 20.7 Å². The van der Waals surface area contributed by atoms with E-state index in [-0.39, 0.29) is 25.0 Å². The van der Waals surface area contributed by atoms with Gasteiger partial charge in [0.05, 0.1) is 6.54 Å². The number of hydrogen-bond donors (Lipinski definition) is 3. The maximum absolute atomic E-state index is 13.2. The molecule has 0 saturated heterocycles. The molecule has 3 aromatic rings. The molecule has 0 aliphatic heterocycles. The van der Waals surface area contributed by atoms with E-state index in [1.54, 1.807) is 20.8 Å². The smallest absolute Gasteiger partial charge is 0.407 e. The number of aryl methyl sites for hydroxylation is 1. The lowest BCUT2D eigenvalue weighted by atomic mass is 9.98. The normalized spacial score (nSPS) is 12.8. The number of unbranched alkanes of at least 4 members (excludes halogenated alkanes) is 3. The van der Waals surface area contributed by atoms with Gasteiger partial charge in [0.2, 0.25) is 5.91 Å². The van der Waals surface area contributed by atoms with Gasteiger partial charge in [-0.05, 0) is 92.8 Å². The Hall–Kier alpha value is -4.53. The van der Waals surface area contributed by atoms with Gasteiger partial charge in [-0.15, -0.1) is 0 Å². The third-order valence-corrected chi connectivity index (χ3v) is 8.20. The van der Waals surface area contributed by atoms with Crippen LogP contribution in [0.1, 0.15) is 88.8 Å². The van der Waals surface area contributed by atoms with Crippen molar-refractivity contribution in [2.75, 3.05) is 26.3 Å². The molecule has 3 aromatic carbocycles. The van der Waals surface area contributed by atoms with E-state index in [4.69, 9.17) is 14.2 Å². The van der Waals surface area contributed by atoms with Crippen molar-refractivity contribution in [1.82, 2.24) is 16.0 Å². The van der Waals surface area contributed by atoms with E-state index in [0.717, 1.165) is 34.4 Å². The van der Waals surface area contributed by atoms with Crippen LogP contribution in [0.15, 0.2) is 72.8 Å². The molecule has 4 rings (SSSR count). The summed E-state index contributed by atoms with van der Waals surface area (Å²) in [6.07, 6.45) is 5.06. The van der Waals surface area contributed by atoms with Gasteiger partial charge < -0.3 is 30.2 Å². The Labute approximate surface area is 285 Å². The number of carbonyl (C=O) groups excluding carboxylic acids is 3. The van der Waals surface area contributed by atoms with Crippen LogP contribution in [0.25, 0.3) is 11.1 Å². The predicted molar refractivity (Wildman–Crippen MR) is 188 cm³/mol. The zero-order valence-electron chi connectivity index (χ0n) is 28.8. The van der Waals surface area contributed by atoms with Gasteiger partial charge in [0.15, 0.2) is 0 Å². The topological polar surface area (TPSA) is 115 Å². The van der Waals surface area contributed by atoms with E-state index in [1.165, 1.54) is 24.8 Å². The Bertz CT molecular complexity index is 1440. The molecule has 9 heteroatoms. The summed E-state index contributed by atoms with van der Waals surface area (Å²) in [4.78, 5) is 38.3. The molecule has 0 fully saturated rings. The first kappa shape index (κ1) is 36.3. The predicted octanol–water partition coefficient (Wildman–Crippen LogP) is 7.52. The van der Waals surface area contributed by atoms with Crippen molar-refractivity contribution < 1.29 is 28.6 Å². The van der Waals surface area contributed by atoms with Gasteiger partial charge in [0.1, 0.15) is 30.6 Å². The van der Waals surface area contributed by atoms with Crippen LogP contribution in [0.4, 0.5) is 9.59 Å². The number of rotatable bonds is 17. The SMILES string of the molecule is CCCCCc1ccc(OCCNC(=O)[C@H](CCCCNC(=O)OC(C)(C)C)NC(=O)OCC2c3ccccc3-c3ccccc32)cc1. The highest BCUT2D eigenvalue weighted by Gasteiger charge is 2.30. The highest BCUT2D eigenvalue weighted by Crippen LogP contribution is 2.44. The molecule has 3 N–H and O–H groups in total. The number of fused-ring (bicyclic) bond motifs is 3. The Morgan fingerprint density at radius 3 is 2.08 bits per heavy atom. The second-order valence-electron chi connectivity index (χ2n) is 13.2. The molecule has 1 aliphatic carbocycles. The highest BCUT2D eigenvalue weighted by atomic mass is 16.6. The number of nitrogens with one attached hydrogen (secondary N) is 3. The first-order valence-corrected chi connectivity index (χ1v) is 17.2. The highest BCUT2D eigenvalue weighted by molar-refractivity contribution is 5.85. The maximum atomic E-state index is 13.2. The zero-order chi connectivity index (χ0) is 34.4. The first-order valence-electron chi connectivity index (χ1n) is 17.2. The molecule has 1 aliphatic rings. The summed E-state index contributed by atoms with van der Waals surface area (Å²) in [6, 6.07) is 23.5. The third-order valence-electron chi connectivity index (χ3n) is 8.20. The van der Waals surface area contributed by atoms with Gasteiger partial charge in [0, 0.05) is 12.5 Å². The van der Waals surface area contributed by atoms with Crippen molar-refractivity contribution in [2.45, 2.75) is 90.2 Å². The van der Waals surface area contributed by atoms with E-state index in [9.17, 15) is 14.4 Å². The molecular weight excluding hydrogens is 606 g/mol. The first-order chi connectivity index (χ1) is 23.1. The minimum Gasteiger partial charge on any atom is -0.492 e. The fraction of sp³-hybridized carbons (Fsp3) is 0.462. The number of amides is 3. The number of ether oxygens (including phenoxy) is 3. The van der Waals surface area contributed by atoms with Gasteiger partial charge >= 0.3 is 12.2 Å². The van der Waals surface area contributed by atoms with E-state index in [0.29, 0.717) is 32.4 Å². The molecule has 0 saturated carbocycles. The molecule has 0 aromatic heterocycles. The third kappa shape index (κ3) is 11.3. The molecule has 48 heavy (non-hydrogen) atoms. The minimum atomic E-state index is -0.815. The largest absolute Gasteiger partial charge is 0.492 e. The molecule has 0 heterocycles. The summed E-state index contributed by atoms with van der Waals surface area (Å²) in [7, 11) is 0. The van der Waals surface area contributed by atoms with Crippen molar-refractivity contribution >= 4 is 18.1 Å². The average molecular weight is 658 g/mol. The molecule has 258 valence electrons. The monoisotopic (exact) mass is 657 g/mol. The molecule has 9 nitrogen and oxygen atoms in total. The van der Waals surface area contributed by atoms with Gasteiger partial charge in [-0.1, -0.05) is 80.4 Å². The molecule has 0 radical (unpaired) electrons. The minimum absolute atomic E-state index is 0.0862. The van der Waals surface area contributed by atoms with Gasteiger partial charge in [0.25, 0.3) is 0 Å². The summed E-state index contributed by atoms with van der Waals surface area (Å²) in [6.45, 7) is 8.72. The Kier molecular flexibility index (Phi) is 13.7. The van der Waals surface area contributed by atoms with Crippen molar-refractivity contribution in [1.29, 1.82) is 0 Å². The van der Waals surface area contributed by atoms with Gasteiger partial charge in [-0.2, -0.15) is 0 Å². The second kappa shape index (κ2) is 18.1. The van der Waals surface area contributed by atoms with Crippen LogP contribution < -0.4 is 20.7 Å². The summed E-state index contributed by atoms with van der Waals surface area (Å²) in [5, 5.41) is 8.40. The summed E-state index contributed by atoms with van der Waals surface area (Å²) in [5.41, 5.74) is 5.22. The number of benzene rings is 3. The fourth-order valence-corrected chi connectivity index (χ4v) is 5.83. The lowest BCUT2D eigenvalue weighted by Gasteiger charge is -2.21. The van der Waals surface area contributed by atoms with Crippen LogP contribution in [0, 0.1) is 0 Å². The summed E-state index contributed by atoms with van der Waals surface area (Å²) >= 11 is 0. The van der Waals surface area contributed by atoms with Crippen LogP contribution in [0.2, 0.25) is 0 Å². The van der Waals surface area contributed by atoms with Crippen molar-refractivity contribution in [3.05, 3.63) is 89.5 Å². The van der Waals surface area contributed by atoms with Crippen molar-refractivity contribution in [3.8, 4) is 16.9 Å². The Morgan fingerprint density at radius 1 is 0.771 bits per heavy atom. The standard InChI is InChI=1S/C39H51N3O6/c1-5-6-7-14-28-20-22-29(23-21-28)46-26-25-40-36(43)35(19-12-13-24-41-37(44)48-39(2,3)4)42-38(45)47-27-34-32-17-10-8-15-30(32)31-16-9-11-18-33(31)34/h8-11,15-18,20-23,34-35H,5-7,12-14,19,24-27H2,1-4H3,(H,40,43)(H,41,44)(H,42,45)/t35-/m0/s1. The van der Waals surface area contributed by atoms with E-state index >= 15 is 0 Å². The molecule has 0 unspecified atom stereocenters. The lowest BCUT2D eigenvalue weighted by Crippen LogP contribution is -2.48. The molecule has 1 atom stereocenters. The average Bonchev–Trinajstić information content (AvgIpc) is 3.38.